The number of nitrogens with one attached hydrogen (secondary N) is 2. The first kappa shape index (κ1) is 21.6. The molecule has 0 spiro atoms. The topological polar surface area (TPSA) is 75.5 Å². The van der Waals surface area contributed by atoms with Crippen molar-refractivity contribution in [2.75, 3.05) is 5.32 Å². The first-order valence-corrected chi connectivity index (χ1v) is 10.7. The van der Waals surface area contributed by atoms with Crippen LogP contribution >= 0.6 is 11.6 Å². The Balaban J connectivity index is 1.44. The summed E-state index contributed by atoms with van der Waals surface area (Å²) in [5.41, 5.74) is 6.43. The fraction of sp³-hybridized carbons (Fsp3) is 0.160. The van der Waals surface area contributed by atoms with Gasteiger partial charge in [0.2, 0.25) is 5.91 Å². The molecule has 6 nitrogen and oxygen atoms in total. The van der Waals surface area contributed by atoms with Gasteiger partial charge in [0.15, 0.2) is 0 Å². The number of hydrogen-bond acceptors (Lipinski definition) is 3. The second-order valence-corrected chi connectivity index (χ2v) is 7.95. The molecule has 4 aromatic rings. The fourth-order valence-corrected chi connectivity index (χ4v) is 3.89. The van der Waals surface area contributed by atoms with Crippen molar-refractivity contribution in [2.24, 2.45) is 5.10 Å². The van der Waals surface area contributed by atoms with E-state index in [1.54, 1.807) is 31.2 Å². The maximum atomic E-state index is 12.5. The first-order valence-electron chi connectivity index (χ1n) is 10.4. The van der Waals surface area contributed by atoms with Crippen LogP contribution in [0.1, 0.15) is 30.6 Å². The molecule has 0 saturated carbocycles. The SMILES string of the molecule is CCn1c2ccccc2c2cc(NC(=O)C/C(C)=N\NC(=O)c3ccc(Cl)cc3)ccc21. The van der Waals surface area contributed by atoms with Gasteiger partial charge in [-0.1, -0.05) is 29.8 Å². The number of para-hydroxylation sites is 1. The number of carbonyl (C=O) groups is 2. The number of hydrogen-bond donors (Lipinski definition) is 2. The molecule has 162 valence electrons. The molecule has 3 aromatic carbocycles. The maximum Gasteiger partial charge on any atom is 0.271 e. The van der Waals surface area contributed by atoms with E-state index >= 15 is 0 Å². The number of fused-ring (bicyclic) bond motifs is 3. The molecule has 2 N–H and O–H groups in total. The average Bonchev–Trinajstić information content (AvgIpc) is 3.11. The van der Waals surface area contributed by atoms with Gasteiger partial charge in [0.25, 0.3) is 5.91 Å². The monoisotopic (exact) mass is 446 g/mol. The van der Waals surface area contributed by atoms with Crippen molar-refractivity contribution in [2.45, 2.75) is 26.8 Å². The van der Waals surface area contributed by atoms with Crippen LogP contribution in [-0.2, 0) is 11.3 Å². The van der Waals surface area contributed by atoms with Gasteiger partial charge in [-0.05, 0) is 62.4 Å². The average molecular weight is 447 g/mol. The van der Waals surface area contributed by atoms with Crippen LogP contribution in [0.25, 0.3) is 21.8 Å². The quantitative estimate of drug-likeness (QED) is 0.298. The van der Waals surface area contributed by atoms with Crippen LogP contribution in [-0.4, -0.2) is 22.1 Å². The highest BCUT2D eigenvalue weighted by atomic mass is 35.5. The molecule has 0 bridgehead atoms. The van der Waals surface area contributed by atoms with Crippen molar-refractivity contribution >= 4 is 56.6 Å². The molecular weight excluding hydrogens is 424 g/mol. The number of carbonyl (C=O) groups excluding carboxylic acids is 2. The van der Waals surface area contributed by atoms with Crippen molar-refractivity contribution in [1.82, 2.24) is 9.99 Å². The third-order valence-corrected chi connectivity index (χ3v) is 5.50. The minimum absolute atomic E-state index is 0.0651. The van der Waals surface area contributed by atoms with E-state index in [0.717, 1.165) is 28.5 Å². The molecule has 0 fully saturated rings. The molecule has 0 aliphatic carbocycles. The van der Waals surface area contributed by atoms with Crippen LogP contribution in [0.2, 0.25) is 5.02 Å². The lowest BCUT2D eigenvalue weighted by molar-refractivity contribution is -0.115. The Labute approximate surface area is 190 Å². The first-order chi connectivity index (χ1) is 15.5. The third kappa shape index (κ3) is 4.50. The summed E-state index contributed by atoms with van der Waals surface area (Å²) in [6.07, 6.45) is 0.0651. The zero-order chi connectivity index (χ0) is 22.7. The van der Waals surface area contributed by atoms with E-state index in [1.807, 2.05) is 30.3 Å². The Morgan fingerprint density at radius 2 is 1.69 bits per heavy atom. The smallest absolute Gasteiger partial charge is 0.271 e. The van der Waals surface area contributed by atoms with Crippen LogP contribution in [0.5, 0.6) is 0 Å². The summed E-state index contributed by atoms with van der Waals surface area (Å²) in [6.45, 7) is 4.68. The Bertz CT molecular complexity index is 1340. The molecule has 2 amide bonds. The minimum atomic E-state index is -0.362. The maximum absolute atomic E-state index is 12.5. The molecule has 1 aromatic heterocycles. The molecule has 1 heterocycles. The predicted molar refractivity (Wildman–Crippen MR) is 130 cm³/mol. The summed E-state index contributed by atoms with van der Waals surface area (Å²) in [6, 6.07) is 20.7. The zero-order valence-corrected chi connectivity index (χ0v) is 18.6. The number of halogens is 1. The fourth-order valence-electron chi connectivity index (χ4n) is 3.76. The number of rotatable bonds is 6. The van der Waals surface area contributed by atoms with Crippen molar-refractivity contribution < 1.29 is 9.59 Å². The van der Waals surface area contributed by atoms with Crippen molar-refractivity contribution in [3.8, 4) is 0 Å². The Hall–Kier alpha value is -3.64. The van der Waals surface area contributed by atoms with E-state index in [1.165, 1.54) is 5.52 Å². The lowest BCUT2D eigenvalue weighted by Gasteiger charge is -2.07. The summed E-state index contributed by atoms with van der Waals surface area (Å²) in [5, 5.41) is 9.76. The highest BCUT2D eigenvalue weighted by Crippen LogP contribution is 2.31. The number of hydrazone groups is 1. The van der Waals surface area contributed by atoms with E-state index < -0.39 is 0 Å². The van der Waals surface area contributed by atoms with Crippen LogP contribution in [0.15, 0.2) is 71.8 Å². The molecule has 0 aliphatic heterocycles. The van der Waals surface area contributed by atoms with Gasteiger partial charge < -0.3 is 9.88 Å². The van der Waals surface area contributed by atoms with E-state index in [4.69, 9.17) is 11.6 Å². The molecule has 0 radical (unpaired) electrons. The van der Waals surface area contributed by atoms with Crippen molar-refractivity contribution in [1.29, 1.82) is 0 Å². The van der Waals surface area contributed by atoms with Crippen LogP contribution < -0.4 is 10.7 Å². The van der Waals surface area contributed by atoms with E-state index in [-0.39, 0.29) is 18.2 Å². The molecule has 7 heteroatoms. The second-order valence-electron chi connectivity index (χ2n) is 7.51. The van der Waals surface area contributed by atoms with Gasteiger partial charge in [-0.2, -0.15) is 5.10 Å². The normalized spacial score (nSPS) is 11.7. The number of amides is 2. The lowest BCUT2D eigenvalue weighted by atomic mass is 10.1. The second kappa shape index (κ2) is 9.24. The van der Waals surface area contributed by atoms with Crippen molar-refractivity contribution in [3.05, 3.63) is 77.3 Å². The van der Waals surface area contributed by atoms with Gasteiger partial charge in [-0.3, -0.25) is 9.59 Å². The van der Waals surface area contributed by atoms with E-state index in [2.05, 4.69) is 39.5 Å². The minimum Gasteiger partial charge on any atom is -0.341 e. The highest BCUT2D eigenvalue weighted by Gasteiger charge is 2.11. The number of benzene rings is 3. The summed E-state index contributed by atoms with van der Waals surface area (Å²) in [5.74, 6) is -0.565. The van der Waals surface area contributed by atoms with Gasteiger partial charge in [0, 0.05) is 50.3 Å². The standard InChI is InChI=1S/C25H23ClN4O2/c1-3-30-22-7-5-4-6-20(22)21-15-19(12-13-23(21)30)27-24(31)14-16(2)28-29-25(32)17-8-10-18(26)11-9-17/h4-13,15H,3,14H2,1-2H3,(H,27,31)(H,29,32)/b28-16-. The predicted octanol–water partition coefficient (Wildman–Crippen LogP) is 5.60. The Morgan fingerprint density at radius 3 is 2.44 bits per heavy atom. The largest absolute Gasteiger partial charge is 0.341 e. The lowest BCUT2D eigenvalue weighted by Crippen LogP contribution is -2.21. The van der Waals surface area contributed by atoms with Gasteiger partial charge in [-0.15, -0.1) is 0 Å². The Morgan fingerprint density at radius 1 is 0.969 bits per heavy atom. The molecule has 0 aliphatic rings. The zero-order valence-electron chi connectivity index (χ0n) is 17.9. The molecule has 0 unspecified atom stereocenters. The van der Waals surface area contributed by atoms with Crippen LogP contribution in [0.3, 0.4) is 0 Å². The van der Waals surface area contributed by atoms with Crippen LogP contribution in [0.4, 0.5) is 5.69 Å². The van der Waals surface area contributed by atoms with Gasteiger partial charge in [0.1, 0.15) is 0 Å². The highest BCUT2D eigenvalue weighted by molar-refractivity contribution is 6.30. The van der Waals surface area contributed by atoms with Gasteiger partial charge >= 0.3 is 0 Å². The Kier molecular flexibility index (Phi) is 6.23. The third-order valence-electron chi connectivity index (χ3n) is 5.24. The van der Waals surface area contributed by atoms with Gasteiger partial charge in [0.05, 0.1) is 6.42 Å². The molecule has 4 rings (SSSR count). The number of anilines is 1. The summed E-state index contributed by atoms with van der Waals surface area (Å²) >= 11 is 5.83. The van der Waals surface area contributed by atoms with E-state index in [0.29, 0.717) is 16.3 Å². The molecule has 32 heavy (non-hydrogen) atoms. The van der Waals surface area contributed by atoms with Crippen LogP contribution in [0, 0.1) is 0 Å². The van der Waals surface area contributed by atoms with Crippen molar-refractivity contribution in [3.63, 3.8) is 0 Å². The van der Waals surface area contributed by atoms with Gasteiger partial charge in [-0.25, -0.2) is 5.43 Å². The number of aryl methyl sites for hydroxylation is 1. The van der Waals surface area contributed by atoms with E-state index in [9.17, 15) is 9.59 Å². The number of nitrogens with zero attached hydrogens (tertiary/aromatic N) is 2. The molecular formula is C25H23ClN4O2. The summed E-state index contributed by atoms with van der Waals surface area (Å²) in [4.78, 5) is 24.6. The molecule has 0 atom stereocenters. The number of aromatic nitrogens is 1. The summed E-state index contributed by atoms with van der Waals surface area (Å²) < 4.78 is 2.26. The summed E-state index contributed by atoms with van der Waals surface area (Å²) in [7, 11) is 0. The molecule has 0 saturated heterocycles.